The van der Waals surface area contributed by atoms with Crippen molar-refractivity contribution in [1.82, 2.24) is 14.4 Å². The van der Waals surface area contributed by atoms with Gasteiger partial charge in [0.15, 0.2) is 17.3 Å². The van der Waals surface area contributed by atoms with E-state index in [-0.39, 0.29) is 0 Å². The number of nitrogens with zero attached hydrogens (tertiary/aromatic N) is 3. The van der Waals surface area contributed by atoms with Gasteiger partial charge in [0.05, 0.1) is 11.9 Å². The maximum atomic E-state index is 13.9. The molecular formula is C12H10BrFN6. The van der Waals surface area contributed by atoms with Gasteiger partial charge in [-0.25, -0.2) is 20.2 Å². The molecule has 2 aromatic heterocycles. The topological polar surface area (TPSA) is 80.3 Å². The quantitative estimate of drug-likeness (QED) is 0.506. The minimum atomic E-state index is -0.392. The van der Waals surface area contributed by atoms with E-state index in [0.717, 1.165) is 0 Å². The third-order valence-corrected chi connectivity index (χ3v) is 3.20. The van der Waals surface area contributed by atoms with Crippen LogP contribution in [0.25, 0.3) is 5.65 Å². The Labute approximate surface area is 121 Å². The van der Waals surface area contributed by atoms with Gasteiger partial charge in [-0.1, -0.05) is 15.9 Å². The first-order valence-electron chi connectivity index (χ1n) is 5.70. The van der Waals surface area contributed by atoms with E-state index in [1.165, 1.54) is 6.07 Å². The Morgan fingerprint density at radius 1 is 1.35 bits per heavy atom. The van der Waals surface area contributed by atoms with Crippen LogP contribution in [0.2, 0.25) is 0 Å². The predicted octanol–water partition coefficient (Wildman–Crippen LogP) is 2.66. The molecule has 6 nitrogen and oxygen atoms in total. The van der Waals surface area contributed by atoms with Gasteiger partial charge in [0.25, 0.3) is 0 Å². The first kappa shape index (κ1) is 12.8. The Balaban J connectivity index is 2.07. The maximum absolute atomic E-state index is 13.9. The Morgan fingerprint density at radius 3 is 2.95 bits per heavy atom. The molecule has 0 bridgehead atoms. The number of aromatic nitrogens is 3. The summed E-state index contributed by atoms with van der Waals surface area (Å²) < 4.78 is 16.3. The number of hydrogen-bond acceptors (Lipinski definition) is 5. The van der Waals surface area contributed by atoms with E-state index in [0.29, 0.717) is 27.4 Å². The Hall–Kier alpha value is -2.19. The highest BCUT2D eigenvalue weighted by Gasteiger charge is 2.10. The molecule has 3 aromatic rings. The zero-order chi connectivity index (χ0) is 14.1. The number of nitrogens with one attached hydrogen (secondary N) is 2. The number of imidazole rings is 1. The molecule has 0 aliphatic heterocycles. The zero-order valence-electron chi connectivity index (χ0n) is 10.1. The summed E-state index contributed by atoms with van der Waals surface area (Å²) in [5.74, 6) is 5.82. The van der Waals surface area contributed by atoms with E-state index in [1.807, 2.05) is 0 Å². The number of fused-ring (bicyclic) bond motifs is 1. The number of hydrogen-bond donors (Lipinski definition) is 3. The van der Waals surface area contributed by atoms with Gasteiger partial charge in [0.1, 0.15) is 5.82 Å². The number of benzene rings is 1. The van der Waals surface area contributed by atoms with Crippen molar-refractivity contribution in [3.63, 3.8) is 0 Å². The first-order chi connectivity index (χ1) is 9.67. The summed E-state index contributed by atoms with van der Waals surface area (Å²) in [4.78, 5) is 8.42. The minimum Gasteiger partial charge on any atom is -0.335 e. The van der Waals surface area contributed by atoms with Crippen LogP contribution in [0.3, 0.4) is 0 Å². The van der Waals surface area contributed by atoms with E-state index >= 15 is 0 Å². The highest BCUT2D eigenvalue weighted by molar-refractivity contribution is 9.10. The lowest BCUT2D eigenvalue weighted by Crippen LogP contribution is -2.11. The largest absolute Gasteiger partial charge is 0.335 e. The monoisotopic (exact) mass is 336 g/mol. The van der Waals surface area contributed by atoms with Crippen molar-refractivity contribution in [2.75, 3.05) is 10.7 Å². The predicted molar refractivity (Wildman–Crippen MR) is 78.2 cm³/mol. The molecule has 4 N–H and O–H groups in total. The summed E-state index contributed by atoms with van der Waals surface area (Å²) in [5, 5.41) is 2.92. The molecule has 8 heteroatoms. The smallest absolute Gasteiger partial charge is 0.180 e. The second-order valence-corrected chi connectivity index (χ2v) is 4.94. The average Bonchev–Trinajstić information content (AvgIpc) is 2.90. The number of hydrazine groups is 1. The van der Waals surface area contributed by atoms with E-state index < -0.39 is 5.82 Å². The van der Waals surface area contributed by atoms with E-state index in [1.54, 1.807) is 35.1 Å². The molecule has 0 amide bonds. The normalized spacial score (nSPS) is 10.8. The van der Waals surface area contributed by atoms with Gasteiger partial charge in [-0.15, -0.1) is 0 Å². The van der Waals surface area contributed by atoms with E-state index in [4.69, 9.17) is 5.84 Å². The maximum Gasteiger partial charge on any atom is 0.180 e. The molecule has 2 heterocycles. The summed E-state index contributed by atoms with van der Waals surface area (Å²) in [6, 6.07) is 4.72. The third kappa shape index (κ3) is 2.30. The van der Waals surface area contributed by atoms with Crippen LogP contribution in [-0.2, 0) is 0 Å². The summed E-state index contributed by atoms with van der Waals surface area (Å²) >= 11 is 3.21. The molecule has 102 valence electrons. The molecule has 0 spiro atoms. The zero-order valence-corrected chi connectivity index (χ0v) is 11.7. The van der Waals surface area contributed by atoms with Crippen molar-refractivity contribution < 1.29 is 4.39 Å². The summed E-state index contributed by atoms with van der Waals surface area (Å²) in [6.07, 6.45) is 5.06. The Bertz CT molecular complexity index is 772. The number of anilines is 3. The molecular weight excluding hydrogens is 327 g/mol. The fraction of sp³-hybridized carbons (Fsp3) is 0. The van der Waals surface area contributed by atoms with E-state index in [2.05, 4.69) is 36.6 Å². The van der Waals surface area contributed by atoms with Crippen molar-refractivity contribution in [2.24, 2.45) is 5.84 Å². The van der Waals surface area contributed by atoms with Gasteiger partial charge in [-0.3, -0.25) is 0 Å². The molecule has 0 atom stereocenters. The van der Waals surface area contributed by atoms with E-state index in [9.17, 15) is 4.39 Å². The molecule has 0 saturated heterocycles. The first-order valence-corrected chi connectivity index (χ1v) is 6.49. The van der Waals surface area contributed by atoms with Gasteiger partial charge < -0.3 is 15.1 Å². The van der Waals surface area contributed by atoms with Crippen molar-refractivity contribution in [2.45, 2.75) is 0 Å². The van der Waals surface area contributed by atoms with Gasteiger partial charge in [0.2, 0.25) is 0 Å². The van der Waals surface area contributed by atoms with Crippen LogP contribution >= 0.6 is 15.9 Å². The highest BCUT2D eigenvalue weighted by atomic mass is 79.9. The molecule has 0 saturated carbocycles. The number of nitrogens with two attached hydrogens (primary N) is 1. The second kappa shape index (κ2) is 5.06. The van der Waals surface area contributed by atoms with Crippen molar-refractivity contribution >= 4 is 38.9 Å². The lowest BCUT2D eigenvalue weighted by Gasteiger charge is -2.10. The van der Waals surface area contributed by atoms with Crippen molar-refractivity contribution in [1.29, 1.82) is 0 Å². The molecule has 0 aliphatic rings. The summed E-state index contributed by atoms with van der Waals surface area (Å²) in [6.45, 7) is 0. The van der Waals surface area contributed by atoms with Crippen LogP contribution in [-0.4, -0.2) is 14.4 Å². The standard InChI is InChI=1S/C12H10BrFN6/c13-7-1-2-9(8(14)5-7)17-11-12-16-3-4-20(12)6-10(18-11)19-15/h1-6,19H,15H2,(H,17,18). The molecule has 1 aromatic carbocycles. The van der Waals surface area contributed by atoms with Crippen LogP contribution in [0.1, 0.15) is 0 Å². The lowest BCUT2D eigenvalue weighted by atomic mass is 10.3. The number of nitrogen functional groups attached to an aromatic ring is 1. The molecule has 3 rings (SSSR count). The van der Waals surface area contributed by atoms with Gasteiger partial charge >= 0.3 is 0 Å². The molecule has 0 fully saturated rings. The Morgan fingerprint density at radius 2 is 2.20 bits per heavy atom. The summed E-state index contributed by atoms with van der Waals surface area (Å²) in [7, 11) is 0. The van der Waals surface area contributed by atoms with Crippen LogP contribution in [0.5, 0.6) is 0 Å². The SMILES string of the molecule is NNc1cn2ccnc2c(Nc2ccc(Br)cc2F)n1. The fourth-order valence-corrected chi connectivity index (χ4v) is 2.14. The van der Waals surface area contributed by atoms with Crippen LogP contribution in [0.15, 0.2) is 41.3 Å². The fourth-order valence-electron chi connectivity index (χ4n) is 1.80. The van der Waals surface area contributed by atoms with Crippen LogP contribution in [0, 0.1) is 5.82 Å². The second-order valence-electron chi connectivity index (χ2n) is 4.03. The summed E-state index contributed by atoms with van der Waals surface area (Å²) in [5.41, 5.74) is 3.34. The number of halogens is 2. The molecule has 20 heavy (non-hydrogen) atoms. The van der Waals surface area contributed by atoms with Gasteiger partial charge in [0, 0.05) is 16.9 Å². The van der Waals surface area contributed by atoms with Gasteiger partial charge in [-0.05, 0) is 18.2 Å². The highest BCUT2D eigenvalue weighted by Crippen LogP contribution is 2.25. The van der Waals surface area contributed by atoms with Crippen LogP contribution in [0.4, 0.5) is 21.7 Å². The molecule has 0 aliphatic carbocycles. The number of rotatable bonds is 3. The van der Waals surface area contributed by atoms with Crippen molar-refractivity contribution in [3.8, 4) is 0 Å². The molecule has 0 unspecified atom stereocenters. The van der Waals surface area contributed by atoms with Crippen molar-refractivity contribution in [3.05, 3.63) is 47.1 Å². The lowest BCUT2D eigenvalue weighted by molar-refractivity contribution is 0.631. The van der Waals surface area contributed by atoms with Crippen LogP contribution < -0.4 is 16.6 Å². The average molecular weight is 337 g/mol. The van der Waals surface area contributed by atoms with Gasteiger partial charge in [-0.2, -0.15) is 0 Å². The molecule has 0 radical (unpaired) electrons. The minimum absolute atomic E-state index is 0.305. The third-order valence-electron chi connectivity index (χ3n) is 2.71. The Kier molecular flexibility index (Phi) is 3.25.